The molecule has 1 aromatic heterocycles. The van der Waals surface area contributed by atoms with E-state index in [9.17, 15) is 13.2 Å². The fourth-order valence-electron chi connectivity index (χ4n) is 1.26. The zero-order chi connectivity index (χ0) is 14.3. The molecule has 1 heterocycles. The molecule has 0 amide bonds. The third kappa shape index (κ3) is 5.56. The minimum Gasteiger partial charge on any atom is -0.490 e. The van der Waals surface area contributed by atoms with Gasteiger partial charge < -0.3 is 14.2 Å². The number of aromatic nitrogens is 1. The summed E-state index contributed by atoms with van der Waals surface area (Å²) in [5, 5.41) is 0.649. The molecule has 19 heavy (non-hydrogen) atoms. The standard InChI is InChI=1S/C11H14F3NO3S/c1-16-9-8(3-4-15-10(9)19-2)18-6-5-17-7-11(12,13)14/h3-4H,5-7H2,1-2H3. The van der Waals surface area contributed by atoms with Crippen LogP contribution in [0.2, 0.25) is 0 Å². The fraction of sp³-hybridized carbons (Fsp3) is 0.545. The lowest BCUT2D eigenvalue weighted by Crippen LogP contribution is -2.19. The number of halogens is 3. The summed E-state index contributed by atoms with van der Waals surface area (Å²) in [4.78, 5) is 4.08. The van der Waals surface area contributed by atoms with Crippen LogP contribution in [0.4, 0.5) is 13.2 Å². The van der Waals surface area contributed by atoms with Crippen LogP contribution in [0.5, 0.6) is 11.5 Å². The van der Waals surface area contributed by atoms with Crippen molar-refractivity contribution in [1.82, 2.24) is 4.98 Å². The maximum absolute atomic E-state index is 11.8. The molecule has 0 radical (unpaired) electrons. The van der Waals surface area contributed by atoms with Crippen molar-refractivity contribution in [2.24, 2.45) is 0 Å². The van der Waals surface area contributed by atoms with E-state index in [2.05, 4.69) is 9.72 Å². The Kier molecular flexibility index (Phi) is 6.23. The van der Waals surface area contributed by atoms with Gasteiger partial charge in [0.25, 0.3) is 0 Å². The first-order valence-corrected chi connectivity index (χ1v) is 6.54. The van der Waals surface area contributed by atoms with E-state index in [0.717, 1.165) is 0 Å². The lowest BCUT2D eigenvalue weighted by atomic mass is 10.4. The Hall–Kier alpha value is -1.15. The minimum absolute atomic E-state index is 0.00424. The number of hydrogen-bond acceptors (Lipinski definition) is 5. The van der Waals surface area contributed by atoms with Crippen molar-refractivity contribution in [2.75, 3.05) is 33.2 Å². The van der Waals surface area contributed by atoms with Gasteiger partial charge in [0.2, 0.25) is 0 Å². The highest BCUT2D eigenvalue weighted by Gasteiger charge is 2.27. The quantitative estimate of drug-likeness (QED) is 0.572. The van der Waals surface area contributed by atoms with Crippen LogP contribution in [0.15, 0.2) is 17.3 Å². The third-order valence-electron chi connectivity index (χ3n) is 1.98. The summed E-state index contributed by atoms with van der Waals surface area (Å²) in [5.41, 5.74) is 0. The molecule has 0 atom stereocenters. The van der Waals surface area contributed by atoms with Gasteiger partial charge in [0, 0.05) is 12.3 Å². The van der Waals surface area contributed by atoms with E-state index in [-0.39, 0.29) is 13.2 Å². The fourth-order valence-corrected chi connectivity index (χ4v) is 1.79. The molecular weight excluding hydrogens is 283 g/mol. The van der Waals surface area contributed by atoms with E-state index in [0.29, 0.717) is 16.5 Å². The van der Waals surface area contributed by atoms with Gasteiger partial charge in [-0.1, -0.05) is 0 Å². The van der Waals surface area contributed by atoms with Crippen molar-refractivity contribution in [3.63, 3.8) is 0 Å². The predicted molar refractivity (Wildman–Crippen MR) is 64.9 cm³/mol. The van der Waals surface area contributed by atoms with Crippen molar-refractivity contribution in [3.8, 4) is 11.5 Å². The molecule has 4 nitrogen and oxygen atoms in total. The average molecular weight is 297 g/mol. The largest absolute Gasteiger partial charge is 0.490 e. The van der Waals surface area contributed by atoms with Crippen molar-refractivity contribution in [1.29, 1.82) is 0 Å². The van der Waals surface area contributed by atoms with E-state index in [1.54, 1.807) is 12.3 Å². The van der Waals surface area contributed by atoms with E-state index in [1.165, 1.54) is 18.9 Å². The van der Waals surface area contributed by atoms with Crippen LogP contribution in [0.3, 0.4) is 0 Å². The van der Waals surface area contributed by atoms with Gasteiger partial charge in [-0.25, -0.2) is 4.98 Å². The third-order valence-corrected chi connectivity index (χ3v) is 2.66. The van der Waals surface area contributed by atoms with Crippen LogP contribution >= 0.6 is 11.8 Å². The van der Waals surface area contributed by atoms with Gasteiger partial charge in [-0.05, 0) is 6.26 Å². The molecule has 0 saturated heterocycles. The summed E-state index contributed by atoms with van der Waals surface area (Å²) in [6.07, 6.45) is -0.943. The Bertz CT molecular complexity index is 401. The molecule has 1 aromatic rings. The maximum atomic E-state index is 11.8. The molecule has 0 aliphatic carbocycles. The second kappa shape index (κ2) is 7.44. The molecule has 1 rings (SSSR count). The zero-order valence-electron chi connectivity index (χ0n) is 10.5. The lowest BCUT2D eigenvalue weighted by Gasteiger charge is -2.13. The number of thioether (sulfide) groups is 1. The topological polar surface area (TPSA) is 40.6 Å². The minimum atomic E-state index is -4.32. The van der Waals surface area contributed by atoms with Crippen molar-refractivity contribution < 1.29 is 27.4 Å². The number of methoxy groups -OCH3 is 1. The van der Waals surface area contributed by atoms with Crippen LogP contribution in [0.1, 0.15) is 0 Å². The zero-order valence-corrected chi connectivity index (χ0v) is 11.3. The molecule has 0 fully saturated rings. The normalized spacial score (nSPS) is 11.4. The Morgan fingerprint density at radius 2 is 2.05 bits per heavy atom. The Balaban J connectivity index is 2.45. The molecule has 0 saturated carbocycles. The van der Waals surface area contributed by atoms with Gasteiger partial charge >= 0.3 is 6.18 Å². The number of alkyl halides is 3. The summed E-state index contributed by atoms with van der Waals surface area (Å²) in [5.74, 6) is 0.892. The molecule has 108 valence electrons. The monoisotopic (exact) mass is 297 g/mol. The Labute approximate surface area is 113 Å². The molecule has 0 aromatic carbocycles. The second-order valence-electron chi connectivity index (χ2n) is 3.37. The summed E-state index contributed by atoms with van der Waals surface area (Å²) >= 11 is 1.39. The van der Waals surface area contributed by atoms with Crippen LogP contribution in [-0.2, 0) is 4.74 Å². The SMILES string of the molecule is COc1c(OCCOCC(F)(F)F)ccnc1SC. The Morgan fingerprint density at radius 3 is 2.63 bits per heavy atom. The molecule has 0 bridgehead atoms. The van der Waals surface area contributed by atoms with Crippen molar-refractivity contribution >= 4 is 11.8 Å². The first kappa shape index (κ1) is 15.9. The van der Waals surface area contributed by atoms with Gasteiger partial charge in [-0.2, -0.15) is 13.2 Å². The van der Waals surface area contributed by atoms with Gasteiger partial charge in [0.1, 0.15) is 18.2 Å². The van der Waals surface area contributed by atoms with E-state index >= 15 is 0 Å². The summed E-state index contributed by atoms with van der Waals surface area (Å²) in [7, 11) is 1.48. The second-order valence-corrected chi connectivity index (χ2v) is 4.16. The summed E-state index contributed by atoms with van der Waals surface area (Å²) < 4.78 is 50.4. The maximum Gasteiger partial charge on any atom is 0.411 e. The number of nitrogens with zero attached hydrogens (tertiary/aromatic N) is 1. The van der Waals surface area contributed by atoms with Gasteiger partial charge in [0.05, 0.1) is 13.7 Å². The number of rotatable bonds is 7. The Morgan fingerprint density at radius 1 is 1.32 bits per heavy atom. The lowest BCUT2D eigenvalue weighted by molar-refractivity contribution is -0.175. The van der Waals surface area contributed by atoms with E-state index < -0.39 is 12.8 Å². The molecule has 0 aliphatic heterocycles. The molecule has 0 N–H and O–H groups in total. The first-order chi connectivity index (χ1) is 8.98. The summed E-state index contributed by atoms with van der Waals surface area (Å²) in [6, 6.07) is 1.59. The smallest absolute Gasteiger partial charge is 0.411 e. The number of ether oxygens (including phenoxy) is 3. The van der Waals surface area contributed by atoms with Crippen molar-refractivity contribution in [3.05, 3.63) is 12.3 Å². The van der Waals surface area contributed by atoms with Crippen LogP contribution in [-0.4, -0.2) is 44.3 Å². The molecule has 0 spiro atoms. The molecule has 0 unspecified atom stereocenters. The molecular formula is C11H14F3NO3S. The number of pyridine rings is 1. The average Bonchev–Trinajstić information content (AvgIpc) is 2.36. The molecule has 0 aliphatic rings. The van der Waals surface area contributed by atoms with Crippen LogP contribution < -0.4 is 9.47 Å². The van der Waals surface area contributed by atoms with E-state index in [4.69, 9.17) is 9.47 Å². The van der Waals surface area contributed by atoms with Crippen molar-refractivity contribution in [2.45, 2.75) is 11.2 Å². The molecule has 8 heteroatoms. The van der Waals surface area contributed by atoms with Gasteiger partial charge in [0.15, 0.2) is 11.5 Å². The van der Waals surface area contributed by atoms with Gasteiger partial charge in [-0.3, -0.25) is 0 Å². The summed E-state index contributed by atoms with van der Waals surface area (Å²) in [6.45, 7) is -1.43. The van der Waals surface area contributed by atoms with Crippen LogP contribution in [0.25, 0.3) is 0 Å². The highest BCUT2D eigenvalue weighted by molar-refractivity contribution is 7.98. The predicted octanol–water partition coefficient (Wildman–Crippen LogP) is 2.77. The highest BCUT2D eigenvalue weighted by atomic mass is 32.2. The van der Waals surface area contributed by atoms with Crippen LogP contribution in [0, 0.1) is 0 Å². The highest BCUT2D eigenvalue weighted by Crippen LogP contribution is 2.34. The first-order valence-electron chi connectivity index (χ1n) is 5.32. The van der Waals surface area contributed by atoms with E-state index in [1.807, 2.05) is 6.26 Å². The van der Waals surface area contributed by atoms with Gasteiger partial charge in [-0.15, -0.1) is 11.8 Å². The number of hydrogen-bond donors (Lipinski definition) is 0.